The number of alkyl halides is 1. The maximum absolute atomic E-state index is 12.0. The van der Waals surface area contributed by atoms with E-state index in [4.69, 9.17) is 11.6 Å². The van der Waals surface area contributed by atoms with E-state index in [0.717, 1.165) is 16.8 Å². The van der Waals surface area contributed by atoms with E-state index >= 15 is 0 Å². The van der Waals surface area contributed by atoms with Crippen LogP contribution in [0.2, 0.25) is 0 Å². The number of aliphatic imine (C=N–C) groups is 1. The van der Waals surface area contributed by atoms with Crippen molar-refractivity contribution in [2.75, 3.05) is 22.3 Å². The second-order valence-electron chi connectivity index (χ2n) is 5.81. The highest BCUT2D eigenvalue weighted by atomic mass is 35.5. The van der Waals surface area contributed by atoms with Crippen LogP contribution in [0.1, 0.15) is 11.1 Å². The lowest BCUT2D eigenvalue weighted by molar-refractivity contribution is -0.115. The van der Waals surface area contributed by atoms with Crippen LogP contribution in [0.4, 0.5) is 5.69 Å². The van der Waals surface area contributed by atoms with Gasteiger partial charge in [0.05, 0.1) is 17.5 Å². The first-order chi connectivity index (χ1) is 10.8. The summed E-state index contributed by atoms with van der Waals surface area (Å²) < 4.78 is 24.0. The van der Waals surface area contributed by atoms with Gasteiger partial charge in [-0.3, -0.25) is 4.79 Å². The second kappa shape index (κ2) is 6.11. The Morgan fingerprint density at radius 1 is 1.39 bits per heavy atom. The zero-order chi connectivity index (χ0) is 16.8. The summed E-state index contributed by atoms with van der Waals surface area (Å²) in [6, 6.07) is 5.69. The van der Waals surface area contributed by atoms with Gasteiger partial charge in [0.15, 0.2) is 15.0 Å². The molecule has 2 saturated heterocycles. The Labute approximate surface area is 145 Å². The Hall–Kier alpha value is -1.05. The molecular weight excluding hydrogens is 356 g/mol. The van der Waals surface area contributed by atoms with Crippen LogP contribution in [0.3, 0.4) is 0 Å². The predicted molar refractivity (Wildman–Crippen MR) is 95.4 cm³/mol. The molecule has 124 valence electrons. The van der Waals surface area contributed by atoms with E-state index in [-0.39, 0.29) is 28.7 Å². The Kier molecular flexibility index (Phi) is 4.46. The number of hydrogen-bond donors (Lipinski definition) is 0. The summed E-state index contributed by atoms with van der Waals surface area (Å²) in [5, 5.41) is 0.455. The quantitative estimate of drug-likeness (QED) is 0.744. The summed E-state index contributed by atoms with van der Waals surface area (Å²) in [7, 11) is -3.06. The van der Waals surface area contributed by atoms with Gasteiger partial charge < -0.3 is 4.90 Å². The van der Waals surface area contributed by atoms with E-state index in [2.05, 4.69) is 4.99 Å². The maximum Gasteiger partial charge on any atom is 0.262 e. The van der Waals surface area contributed by atoms with Gasteiger partial charge in [-0.05, 0) is 31.0 Å². The average Bonchev–Trinajstić information content (AvgIpc) is 2.93. The number of carbonyl (C=O) groups excluding carboxylic acids is 1. The van der Waals surface area contributed by atoms with Gasteiger partial charge in [-0.2, -0.15) is 4.99 Å². The van der Waals surface area contributed by atoms with Crippen molar-refractivity contribution in [3.8, 4) is 0 Å². The highest BCUT2D eigenvalue weighted by molar-refractivity contribution is 8.16. The second-order valence-corrected chi connectivity index (χ2v) is 9.44. The number of halogens is 1. The van der Waals surface area contributed by atoms with Crippen molar-refractivity contribution in [1.29, 1.82) is 0 Å². The summed E-state index contributed by atoms with van der Waals surface area (Å²) in [5.74, 6) is -0.380. The van der Waals surface area contributed by atoms with Crippen LogP contribution in [-0.2, 0) is 14.6 Å². The number of amidine groups is 1. The molecule has 1 aromatic rings. The average molecular weight is 373 g/mol. The third-order valence-corrected chi connectivity index (χ3v) is 7.68. The fourth-order valence-corrected chi connectivity index (χ4v) is 6.96. The lowest BCUT2D eigenvalue weighted by Gasteiger charge is -2.26. The summed E-state index contributed by atoms with van der Waals surface area (Å²) >= 11 is 6.93. The van der Waals surface area contributed by atoms with Gasteiger partial charge in [0.1, 0.15) is 5.88 Å². The molecule has 2 heterocycles. The fourth-order valence-electron chi connectivity index (χ4n) is 2.98. The molecule has 23 heavy (non-hydrogen) atoms. The Bertz CT molecular complexity index is 792. The van der Waals surface area contributed by atoms with Crippen LogP contribution in [0.25, 0.3) is 0 Å². The molecule has 1 amide bonds. The van der Waals surface area contributed by atoms with Crippen LogP contribution >= 0.6 is 23.4 Å². The van der Waals surface area contributed by atoms with Gasteiger partial charge in [-0.1, -0.05) is 23.9 Å². The maximum atomic E-state index is 12.0. The Balaban J connectivity index is 2.09. The number of aryl methyl sites for hydroxylation is 1. The van der Waals surface area contributed by atoms with Crippen molar-refractivity contribution < 1.29 is 13.2 Å². The van der Waals surface area contributed by atoms with E-state index in [1.165, 1.54) is 11.8 Å². The fraction of sp³-hybridized carbons (Fsp3) is 0.467. The van der Waals surface area contributed by atoms with Gasteiger partial charge in [-0.15, -0.1) is 11.6 Å². The number of amides is 1. The van der Waals surface area contributed by atoms with Gasteiger partial charge in [0.25, 0.3) is 5.91 Å². The molecule has 0 unspecified atom stereocenters. The van der Waals surface area contributed by atoms with Crippen molar-refractivity contribution in [3.05, 3.63) is 29.3 Å². The number of anilines is 1. The molecule has 1 aromatic carbocycles. The molecular formula is C15H17ClN2O3S2. The number of rotatable bonds is 2. The monoisotopic (exact) mass is 372 g/mol. The van der Waals surface area contributed by atoms with Crippen molar-refractivity contribution in [1.82, 2.24) is 0 Å². The van der Waals surface area contributed by atoms with Crippen LogP contribution in [0.5, 0.6) is 0 Å². The van der Waals surface area contributed by atoms with Gasteiger partial charge in [0, 0.05) is 10.9 Å². The van der Waals surface area contributed by atoms with Crippen LogP contribution in [-0.4, -0.2) is 48.2 Å². The molecule has 0 spiro atoms. The van der Waals surface area contributed by atoms with Crippen molar-refractivity contribution in [2.24, 2.45) is 4.99 Å². The topological polar surface area (TPSA) is 66.8 Å². The van der Waals surface area contributed by atoms with E-state index in [1.807, 2.05) is 36.9 Å². The number of thioether (sulfide) groups is 1. The zero-order valence-corrected chi connectivity index (χ0v) is 15.2. The Morgan fingerprint density at radius 2 is 2.13 bits per heavy atom. The molecule has 2 fully saturated rings. The van der Waals surface area contributed by atoms with Gasteiger partial charge in [0.2, 0.25) is 0 Å². The smallest absolute Gasteiger partial charge is 0.262 e. The molecule has 2 aliphatic rings. The van der Waals surface area contributed by atoms with Crippen LogP contribution < -0.4 is 4.90 Å². The van der Waals surface area contributed by atoms with Crippen LogP contribution in [0.15, 0.2) is 23.2 Å². The third kappa shape index (κ3) is 3.14. The highest BCUT2D eigenvalue weighted by Crippen LogP contribution is 2.42. The number of nitrogens with zero attached hydrogens (tertiary/aromatic N) is 2. The van der Waals surface area contributed by atoms with E-state index in [1.54, 1.807) is 0 Å². The lowest BCUT2D eigenvalue weighted by Crippen LogP contribution is -2.38. The third-order valence-electron chi connectivity index (χ3n) is 4.24. The standard InChI is InChI=1S/C15H17ClN2O3S2/c1-9-4-3-5-11(10(9)2)18-12-7-23(20,21)8-13(12)22-15(18)17-14(19)6-16/h3-5,12-13H,6-8H2,1-2H3/t12-,13-/m1/s1. The normalized spacial score (nSPS) is 27.4. The SMILES string of the molecule is Cc1cccc(N2C(=NC(=O)CCl)S[C@@H]3CS(=O)(=O)C[C@H]32)c1C. The molecule has 0 aromatic heterocycles. The molecule has 0 bridgehead atoms. The lowest BCUT2D eigenvalue weighted by atomic mass is 10.1. The number of hydrogen-bond acceptors (Lipinski definition) is 4. The molecule has 2 aliphatic heterocycles. The summed E-state index contributed by atoms with van der Waals surface area (Å²) in [5.41, 5.74) is 3.08. The molecule has 0 saturated carbocycles. The largest absolute Gasteiger partial charge is 0.315 e. The van der Waals surface area contributed by atoms with Crippen molar-refractivity contribution in [2.45, 2.75) is 25.1 Å². The minimum Gasteiger partial charge on any atom is -0.315 e. The molecule has 3 rings (SSSR count). The van der Waals surface area contributed by atoms with E-state index in [0.29, 0.717) is 5.17 Å². The first-order valence-electron chi connectivity index (χ1n) is 7.22. The van der Waals surface area contributed by atoms with E-state index < -0.39 is 15.7 Å². The first-order valence-corrected chi connectivity index (χ1v) is 10.5. The summed E-state index contributed by atoms with van der Waals surface area (Å²) in [6.45, 7) is 4.00. The van der Waals surface area contributed by atoms with Crippen molar-refractivity contribution in [3.63, 3.8) is 0 Å². The molecule has 0 aliphatic carbocycles. The number of sulfone groups is 1. The zero-order valence-electron chi connectivity index (χ0n) is 12.8. The number of benzene rings is 1. The van der Waals surface area contributed by atoms with Gasteiger partial charge in [-0.25, -0.2) is 8.42 Å². The first kappa shape index (κ1) is 16.8. The molecule has 5 nitrogen and oxygen atoms in total. The molecule has 0 N–H and O–H groups in total. The molecule has 2 atom stereocenters. The number of carbonyl (C=O) groups is 1. The summed E-state index contributed by atoms with van der Waals surface area (Å²) in [6.07, 6.45) is 0. The van der Waals surface area contributed by atoms with Crippen molar-refractivity contribution >= 4 is 50.0 Å². The molecule has 0 radical (unpaired) electrons. The minimum absolute atomic E-state index is 0.0894. The minimum atomic E-state index is -3.06. The Morgan fingerprint density at radius 3 is 2.83 bits per heavy atom. The van der Waals surface area contributed by atoms with E-state index in [9.17, 15) is 13.2 Å². The number of fused-ring (bicyclic) bond motifs is 1. The molecule has 8 heteroatoms. The highest BCUT2D eigenvalue weighted by Gasteiger charge is 2.49. The summed E-state index contributed by atoms with van der Waals surface area (Å²) in [4.78, 5) is 17.7. The predicted octanol–water partition coefficient (Wildman–Crippen LogP) is 2.14. The van der Waals surface area contributed by atoms with Gasteiger partial charge >= 0.3 is 0 Å². The van der Waals surface area contributed by atoms with Crippen LogP contribution in [0, 0.1) is 13.8 Å².